The van der Waals surface area contributed by atoms with Crippen LogP contribution in [-0.4, -0.2) is 58.0 Å². The Morgan fingerprint density at radius 3 is 2.25 bits per heavy atom. The molecule has 0 aliphatic heterocycles. The van der Waals surface area contributed by atoms with E-state index in [0.29, 0.717) is 21.4 Å². The number of nitrogens with zero attached hydrogens (tertiary/aromatic N) is 2. The molecule has 3 aromatic rings. The second-order valence-electron chi connectivity index (χ2n) is 10.6. The number of nitrogens with one attached hydrogen (secondary N) is 1. The van der Waals surface area contributed by atoms with E-state index in [1.807, 2.05) is 0 Å². The molecule has 1 fully saturated rings. The topological polar surface area (TPSA) is 105 Å². The van der Waals surface area contributed by atoms with Crippen LogP contribution < -0.4 is 19.1 Å². The molecule has 0 heterocycles. The first-order valence-electron chi connectivity index (χ1n) is 14.4. The SMILES string of the molecule is COc1ccc(S(=O)(=O)N(CC(=O)N(Cc2ccc(Cl)c(Cl)c2)[C@H](C)C(=O)NC2CCCCC2)c2ccccc2OC)cc1. The lowest BCUT2D eigenvalue weighted by molar-refractivity contribution is -0.139. The Balaban J connectivity index is 1.72. The number of hydrogen-bond acceptors (Lipinski definition) is 6. The average Bonchev–Trinajstić information content (AvgIpc) is 3.04. The number of hydrogen-bond donors (Lipinski definition) is 1. The molecule has 0 unspecified atom stereocenters. The van der Waals surface area contributed by atoms with Crippen molar-refractivity contribution in [3.8, 4) is 11.5 Å². The van der Waals surface area contributed by atoms with E-state index in [1.54, 1.807) is 49.4 Å². The highest BCUT2D eigenvalue weighted by Gasteiger charge is 2.34. The second-order valence-corrected chi connectivity index (χ2v) is 13.3. The Hall–Kier alpha value is -3.47. The predicted molar refractivity (Wildman–Crippen MR) is 172 cm³/mol. The van der Waals surface area contributed by atoms with E-state index in [4.69, 9.17) is 32.7 Å². The van der Waals surface area contributed by atoms with Gasteiger partial charge in [-0.2, -0.15) is 0 Å². The van der Waals surface area contributed by atoms with Crippen molar-refractivity contribution in [1.82, 2.24) is 10.2 Å². The summed E-state index contributed by atoms with van der Waals surface area (Å²) >= 11 is 12.4. The fourth-order valence-corrected chi connectivity index (χ4v) is 6.96. The van der Waals surface area contributed by atoms with Crippen molar-refractivity contribution in [3.05, 3.63) is 82.3 Å². The van der Waals surface area contributed by atoms with Gasteiger partial charge in [-0.05, 0) is 73.9 Å². The minimum atomic E-state index is -4.28. The lowest BCUT2D eigenvalue weighted by atomic mass is 9.95. The van der Waals surface area contributed by atoms with Gasteiger partial charge in [-0.3, -0.25) is 13.9 Å². The van der Waals surface area contributed by atoms with Crippen molar-refractivity contribution in [2.75, 3.05) is 25.1 Å². The van der Waals surface area contributed by atoms with Gasteiger partial charge in [-0.15, -0.1) is 0 Å². The fraction of sp³-hybridized carbons (Fsp3) is 0.375. The van der Waals surface area contributed by atoms with Gasteiger partial charge in [0.1, 0.15) is 24.1 Å². The average molecular weight is 663 g/mol. The maximum absolute atomic E-state index is 14.2. The number of ether oxygens (including phenoxy) is 2. The third-order valence-electron chi connectivity index (χ3n) is 7.74. The van der Waals surface area contributed by atoms with Crippen LogP contribution in [0.15, 0.2) is 71.6 Å². The molecule has 9 nitrogen and oxygen atoms in total. The zero-order valence-corrected chi connectivity index (χ0v) is 27.3. The van der Waals surface area contributed by atoms with Gasteiger partial charge in [-0.25, -0.2) is 8.42 Å². The van der Waals surface area contributed by atoms with E-state index in [-0.39, 0.29) is 34.8 Å². The largest absolute Gasteiger partial charge is 0.497 e. The number of methoxy groups -OCH3 is 2. The van der Waals surface area contributed by atoms with Crippen LogP contribution in [0.2, 0.25) is 10.0 Å². The standard InChI is InChI=1S/C32H37Cl2N3O6S/c1-22(32(39)35-24-9-5-4-6-10-24)36(20-23-13-18-27(33)28(34)19-23)31(38)21-37(29-11-7-8-12-30(29)43-3)44(40,41)26-16-14-25(42-2)15-17-26/h7-8,11-19,22,24H,4-6,9-10,20-21H2,1-3H3,(H,35,39)/t22-/m1/s1. The van der Waals surface area contributed by atoms with Gasteiger partial charge in [0.15, 0.2) is 0 Å². The lowest BCUT2D eigenvalue weighted by Gasteiger charge is -2.33. The van der Waals surface area contributed by atoms with Crippen molar-refractivity contribution in [2.45, 2.75) is 62.6 Å². The third kappa shape index (κ3) is 7.97. The summed E-state index contributed by atoms with van der Waals surface area (Å²) in [6.45, 7) is 1.04. The van der Waals surface area contributed by atoms with Gasteiger partial charge in [0.25, 0.3) is 10.0 Å². The molecule has 0 bridgehead atoms. The van der Waals surface area contributed by atoms with Crippen molar-refractivity contribution in [3.63, 3.8) is 0 Å². The van der Waals surface area contributed by atoms with Gasteiger partial charge >= 0.3 is 0 Å². The first-order valence-corrected chi connectivity index (χ1v) is 16.6. The smallest absolute Gasteiger partial charge is 0.264 e. The molecular weight excluding hydrogens is 625 g/mol. The Morgan fingerprint density at radius 2 is 1.61 bits per heavy atom. The minimum Gasteiger partial charge on any atom is -0.497 e. The molecule has 0 aromatic heterocycles. The molecule has 1 atom stereocenters. The number of carbonyl (C=O) groups is 2. The monoisotopic (exact) mass is 661 g/mol. The van der Waals surface area contributed by atoms with Crippen LogP contribution in [0.4, 0.5) is 5.69 Å². The number of halogens is 2. The summed E-state index contributed by atoms with van der Waals surface area (Å²) in [4.78, 5) is 29.0. The summed E-state index contributed by atoms with van der Waals surface area (Å²) in [7, 11) is -1.38. The Morgan fingerprint density at radius 1 is 0.932 bits per heavy atom. The summed E-state index contributed by atoms with van der Waals surface area (Å²) in [5.41, 5.74) is 0.805. The molecule has 1 saturated carbocycles. The van der Waals surface area contributed by atoms with Gasteiger partial charge in [0.05, 0.1) is 34.8 Å². The molecule has 0 spiro atoms. The molecule has 0 saturated heterocycles. The molecule has 1 aliphatic carbocycles. The molecule has 3 aromatic carbocycles. The van der Waals surface area contributed by atoms with Gasteiger partial charge in [0.2, 0.25) is 11.8 Å². The maximum atomic E-state index is 14.2. The second kappa shape index (κ2) is 15.0. The number of benzene rings is 3. The third-order valence-corrected chi connectivity index (χ3v) is 10.2. The van der Waals surface area contributed by atoms with Crippen LogP contribution >= 0.6 is 23.2 Å². The lowest BCUT2D eigenvalue weighted by Crippen LogP contribution is -2.53. The Kier molecular flexibility index (Phi) is 11.4. The molecule has 2 amide bonds. The van der Waals surface area contributed by atoms with Crippen molar-refractivity contribution >= 4 is 50.7 Å². The van der Waals surface area contributed by atoms with Crippen molar-refractivity contribution in [2.24, 2.45) is 0 Å². The number of carbonyl (C=O) groups excluding carboxylic acids is 2. The Labute approximate surface area is 269 Å². The number of anilines is 1. The molecular formula is C32H37Cl2N3O6S. The van der Waals surface area contributed by atoms with E-state index in [0.717, 1.165) is 36.4 Å². The fourth-order valence-electron chi connectivity index (χ4n) is 5.21. The predicted octanol–water partition coefficient (Wildman–Crippen LogP) is 6.07. The van der Waals surface area contributed by atoms with E-state index in [1.165, 1.54) is 43.4 Å². The first kappa shape index (κ1) is 33.4. The minimum absolute atomic E-state index is 0.00266. The highest BCUT2D eigenvalue weighted by Crippen LogP contribution is 2.33. The summed E-state index contributed by atoms with van der Waals surface area (Å²) in [6.07, 6.45) is 4.94. The first-order chi connectivity index (χ1) is 21.0. The van der Waals surface area contributed by atoms with Crippen LogP contribution in [-0.2, 0) is 26.2 Å². The van der Waals surface area contributed by atoms with Gasteiger partial charge in [0, 0.05) is 12.6 Å². The van der Waals surface area contributed by atoms with Crippen LogP contribution in [0.1, 0.15) is 44.6 Å². The molecule has 1 N–H and O–H groups in total. The number of rotatable bonds is 12. The van der Waals surface area contributed by atoms with Crippen LogP contribution in [0, 0.1) is 0 Å². The van der Waals surface area contributed by atoms with Crippen molar-refractivity contribution in [1.29, 1.82) is 0 Å². The maximum Gasteiger partial charge on any atom is 0.264 e. The Bertz CT molecular complexity index is 1560. The van der Waals surface area contributed by atoms with Gasteiger partial charge in [-0.1, -0.05) is 60.7 Å². The molecule has 236 valence electrons. The number of para-hydroxylation sites is 2. The molecule has 44 heavy (non-hydrogen) atoms. The normalized spacial score (nSPS) is 14.4. The van der Waals surface area contributed by atoms with E-state index < -0.39 is 28.5 Å². The zero-order valence-electron chi connectivity index (χ0n) is 25.0. The molecule has 1 aliphatic rings. The zero-order chi connectivity index (χ0) is 31.9. The van der Waals surface area contributed by atoms with Crippen LogP contribution in [0.3, 0.4) is 0 Å². The molecule has 12 heteroatoms. The van der Waals surface area contributed by atoms with E-state index >= 15 is 0 Å². The van der Waals surface area contributed by atoms with Gasteiger partial charge < -0.3 is 19.7 Å². The van der Waals surface area contributed by atoms with Crippen molar-refractivity contribution < 1.29 is 27.5 Å². The van der Waals surface area contributed by atoms with E-state index in [9.17, 15) is 18.0 Å². The summed E-state index contributed by atoms with van der Waals surface area (Å²) in [5, 5.41) is 3.74. The summed E-state index contributed by atoms with van der Waals surface area (Å²) < 4.78 is 39.9. The van der Waals surface area contributed by atoms with E-state index in [2.05, 4.69) is 5.32 Å². The highest BCUT2D eigenvalue weighted by atomic mass is 35.5. The molecule has 4 rings (SSSR count). The summed E-state index contributed by atoms with van der Waals surface area (Å²) in [5.74, 6) is -0.163. The molecule has 0 radical (unpaired) electrons. The highest BCUT2D eigenvalue weighted by molar-refractivity contribution is 7.92. The van der Waals surface area contributed by atoms with Crippen LogP contribution in [0.5, 0.6) is 11.5 Å². The van der Waals surface area contributed by atoms with Crippen LogP contribution in [0.25, 0.3) is 0 Å². The quantitative estimate of drug-likeness (QED) is 0.253. The summed E-state index contributed by atoms with van der Waals surface area (Å²) in [6, 6.07) is 16.5. The number of amides is 2. The number of sulfonamides is 1.